The fourth-order valence-corrected chi connectivity index (χ4v) is 3.52. The van der Waals surface area contributed by atoms with Crippen molar-refractivity contribution < 1.29 is 9.15 Å². The predicted molar refractivity (Wildman–Crippen MR) is 95.9 cm³/mol. The lowest BCUT2D eigenvalue weighted by molar-refractivity contribution is 0.0890. The Kier molecular flexibility index (Phi) is 4.19. The average Bonchev–Trinajstić information content (AvgIpc) is 2.63. The van der Waals surface area contributed by atoms with Crippen molar-refractivity contribution in [3.8, 4) is 5.75 Å². The molecule has 0 radical (unpaired) electrons. The first-order valence-electron chi connectivity index (χ1n) is 8.18. The molecule has 0 amide bonds. The zero-order chi connectivity index (χ0) is 17.4. The maximum absolute atomic E-state index is 11.9. The first-order chi connectivity index (χ1) is 12.2. The van der Waals surface area contributed by atoms with E-state index >= 15 is 0 Å². The number of ether oxygens (including phenoxy) is 1. The predicted octanol–water partition coefficient (Wildman–Crippen LogP) is 3.76. The number of hydrogen-bond acceptors (Lipinski definition) is 5. The molecule has 1 aliphatic heterocycles. The summed E-state index contributed by atoms with van der Waals surface area (Å²) >= 11 is 6.42. The van der Waals surface area contributed by atoms with Crippen LogP contribution in [-0.2, 0) is 19.5 Å². The van der Waals surface area contributed by atoms with Gasteiger partial charge in [0, 0.05) is 36.9 Å². The Bertz CT molecular complexity index is 985. The number of fused-ring (bicyclic) bond motifs is 3. The molecular weight excluding hydrogens is 340 g/mol. The molecule has 0 atom stereocenters. The normalized spacial score (nSPS) is 14.3. The Morgan fingerprint density at radius 1 is 1.36 bits per heavy atom. The average molecular weight is 357 g/mol. The van der Waals surface area contributed by atoms with E-state index in [1.807, 2.05) is 31.3 Å². The monoisotopic (exact) mass is 356 g/mol. The van der Waals surface area contributed by atoms with Crippen molar-refractivity contribution in [2.24, 2.45) is 0 Å². The fraction of sp³-hybridized carbons (Fsp3) is 0.263. The van der Waals surface area contributed by atoms with Crippen LogP contribution >= 0.6 is 11.6 Å². The van der Waals surface area contributed by atoms with Gasteiger partial charge in [-0.2, -0.15) is 0 Å². The summed E-state index contributed by atoms with van der Waals surface area (Å²) in [7, 11) is 0. The molecular formula is C19H17ClN2O3. The molecule has 3 heterocycles. The van der Waals surface area contributed by atoms with E-state index in [1.165, 1.54) is 6.07 Å². The summed E-state index contributed by atoms with van der Waals surface area (Å²) in [6, 6.07) is 7.29. The fourth-order valence-electron chi connectivity index (χ4n) is 3.24. The highest BCUT2D eigenvalue weighted by molar-refractivity contribution is 6.33. The van der Waals surface area contributed by atoms with Crippen molar-refractivity contribution in [1.82, 2.24) is 9.88 Å². The van der Waals surface area contributed by atoms with Crippen molar-refractivity contribution in [2.45, 2.75) is 26.4 Å². The molecule has 2 aromatic heterocycles. The van der Waals surface area contributed by atoms with E-state index in [9.17, 15) is 4.79 Å². The van der Waals surface area contributed by atoms with Crippen LogP contribution in [0.2, 0.25) is 5.02 Å². The molecule has 1 aromatic carbocycles. The zero-order valence-electron chi connectivity index (χ0n) is 13.8. The van der Waals surface area contributed by atoms with Gasteiger partial charge in [-0.25, -0.2) is 4.79 Å². The number of rotatable bonds is 3. The molecule has 25 heavy (non-hydrogen) atoms. The second-order valence-electron chi connectivity index (χ2n) is 6.11. The highest BCUT2D eigenvalue weighted by Crippen LogP contribution is 2.39. The Hall–Kier alpha value is -2.37. The third-order valence-electron chi connectivity index (χ3n) is 4.40. The second kappa shape index (κ2) is 6.50. The molecule has 0 saturated heterocycles. The number of benzene rings is 1. The Balaban J connectivity index is 1.78. The minimum Gasteiger partial charge on any atom is -0.476 e. The number of hydrogen-bond donors (Lipinski definition) is 0. The van der Waals surface area contributed by atoms with Gasteiger partial charge in [0.2, 0.25) is 0 Å². The van der Waals surface area contributed by atoms with Crippen molar-refractivity contribution in [2.75, 3.05) is 6.73 Å². The van der Waals surface area contributed by atoms with Gasteiger partial charge in [-0.3, -0.25) is 9.88 Å². The van der Waals surface area contributed by atoms with Crippen molar-refractivity contribution in [1.29, 1.82) is 0 Å². The van der Waals surface area contributed by atoms with Crippen LogP contribution < -0.4 is 10.4 Å². The number of pyridine rings is 1. The molecule has 3 aromatic rings. The lowest BCUT2D eigenvalue weighted by Crippen LogP contribution is -2.32. The van der Waals surface area contributed by atoms with Gasteiger partial charge in [0.1, 0.15) is 18.1 Å². The van der Waals surface area contributed by atoms with Crippen molar-refractivity contribution in [3.63, 3.8) is 0 Å². The highest BCUT2D eigenvalue weighted by Gasteiger charge is 2.25. The standard InChI is InChI=1S/C19H17ClN2O3/c1-2-13-6-17(23)25-18-14(13)7-16(20)19-15(18)10-22(11-24-19)9-12-4-3-5-21-8-12/h3-8H,2,9-11H2,1H3. The topological polar surface area (TPSA) is 55.6 Å². The SMILES string of the molecule is CCc1cc(=O)oc2c3c(c(Cl)cc12)OCN(Cc1cccnc1)C3. The molecule has 0 saturated carbocycles. The molecule has 5 nitrogen and oxygen atoms in total. The molecule has 6 heteroatoms. The summed E-state index contributed by atoms with van der Waals surface area (Å²) in [5, 5.41) is 1.42. The van der Waals surface area contributed by atoms with E-state index < -0.39 is 0 Å². The maximum atomic E-state index is 11.9. The molecule has 0 aliphatic carbocycles. The number of halogens is 1. The Morgan fingerprint density at radius 3 is 3.00 bits per heavy atom. The lowest BCUT2D eigenvalue weighted by Gasteiger charge is -2.30. The van der Waals surface area contributed by atoms with Gasteiger partial charge in [0.05, 0.1) is 10.6 Å². The molecule has 0 bridgehead atoms. The molecule has 1 aliphatic rings. The molecule has 128 valence electrons. The number of aryl methyl sites for hydroxylation is 1. The largest absolute Gasteiger partial charge is 0.476 e. The van der Waals surface area contributed by atoms with Crippen molar-refractivity contribution in [3.05, 3.63) is 68.8 Å². The second-order valence-corrected chi connectivity index (χ2v) is 6.52. The van der Waals surface area contributed by atoms with Gasteiger partial charge < -0.3 is 9.15 Å². The third kappa shape index (κ3) is 3.01. The quantitative estimate of drug-likeness (QED) is 0.669. The van der Waals surface area contributed by atoms with E-state index in [2.05, 4.69) is 9.88 Å². The van der Waals surface area contributed by atoms with E-state index in [-0.39, 0.29) is 5.63 Å². The summed E-state index contributed by atoms with van der Waals surface area (Å²) in [5.74, 6) is 0.605. The first-order valence-corrected chi connectivity index (χ1v) is 8.55. The smallest absolute Gasteiger partial charge is 0.336 e. The minimum absolute atomic E-state index is 0.349. The van der Waals surface area contributed by atoms with Crippen LogP contribution in [0, 0.1) is 0 Å². The van der Waals surface area contributed by atoms with E-state index in [0.29, 0.717) is 36.2 Å². The van der Waals surface area contributed by atoms with E-state index in [1.54, 1.807) is 6.20 Å². The molecule has 0 unspecified atom stereocenters. The van der Waals surface area contributed by atoms with Crippen LogP contribution in [0.1, 0.15) is 23.6 Å². The van der Waals surface area contributed by atoms with Crippen LogP contribution in [0.4, 0.5) is 0 Å². The van der Waals surface area contributed by atoms with Gasteiger partial charge in [-0.1, -0.05) is 24.6 Å². The maximum Gasteiger partial charge on any atom is 0.336 e. The van der Waals surface area contributed by atoms with Gasteiger partial charge in [-0.15, -0.1) is 0 Å². The minimum atomic E-state index is -0.349. The summed E-state index contributed by atoms with van der Waals surface area (Å²) in [5.41, 5.74) is 3.07. The van der Waals surface area contributed by atoms with E-state index in [4.69, 9.17) is 20.8 Å². The zero-order valence-corrected chi connectivity index (χ0v) is 14.5. The molecule has 0 fully saturated rings. The molecule has 0 N–H and O–H groups in total. The summed E-state index contributed by atoms with van der Waals surface area (Å²) in [6.07, 6.45) is 4.32. The van der Waals surface area contributed by atoms with Gasteiger partial charge in [0.15, 0.2) is 0 Å². The lowest BCUT2D eigenvalue weighted by atomic mass is 10.0. The van der Waals surface area contributed by atoms with Gasteiger partial charge >= 0.3 is 5.63 Å². The molecule has 4 rings (SSSR count). The van der Waals surface area contributed by atoms with E-state index in [0.717, 1.165) is 28.5 Å². The van der Waals surface area contributed by atoms with Crippen LogP contribution in [0.3, 0.4) is 0 Å². The van der Waals surface area contributed by atoms with Crippen LogP contribution in [0.25, 0.3) is 11.0 Å². The summed E-state index contributed by atoms with van der Waals surface area (Å²) in [6.45, 7) is 3.72. The Labute approximate surface area is 149 Å². The Morgan fingerprint density at radius 2 is 2.24 bits per heavy atom. The highest BCUT2D eigenvalue weighted by atomic mass is 35.5. The van der Waals surface area contributed by atoms with Gasteiger partial charge in [0.25, 0.3) is 0 Å². The number of aromatic nitrogens is 1. The van der Waals surface area contributed by atoms with Gasteiger partial charge in [-0.05, 0) is 29.7 Å². The summed E-state index contributed by atoms with van der Waals surface area (Å²) < 4.78 is 11.4. The third-order valence-corrected chi connectivity index (χ3v) is 4.69. The van der Waals surface area contributed by atoms with Crippen LogP contribution in [-0.4, -0.2) is 16.6 Å². The van der Waals surface area contributed by atoms with Crippen molar-refractivity contribution >= 4 is 22.6 Å². The summed E-state index contributed by atoms with van der Waals surface area (Å²) in [4.78, 5) is 18.2. The molecule has 0 spiro atoms. The van der Waals surface area contributed by atoms with Crippen LogP contribution in [0.15, 0.2) is 45.9 Å². The number of nitrogens with zero attached hydrogens (tertiary/aromatic N) is 2. The van der Waals surface area contributed by atoms with Crippen LogP contribution in [0.5, 0.6) is 5.75 Å². The first kappa shape index (κ1) is 16.1.